The van der Waals surface area contributed by atoms with Crippen LogP contribution in [0.25, 0.3) is 0 Å². The Morgan fingerprint density at radius 1 is 1.06 bits per heavy atom. The minimum atomic E-state index is -4.89. The highest BCUT2D eigenvalue weighted by molar-refractivity contribution is 8.18. The van der Waals surface area contributed by atoms with Crippen molar-refractivity contribution in [3.8, 4) is 0 Å². The molecule has 2 aliphatic heterocycles. The summed E-state index contributed by atoms with van der Waals surface area (Å²) in [6.45, 7) is 0.830. The summed E-state index contributed by atoms with van der Waals surface area (Å²) in [5.41, 5.74) is -2.77. The molecule has 198 valence electrons. The Kier molecular flexibility index (Phi) is 8.06. The highest BCUT2D eigenvalue weighted by Crippen LogP contribution is 2.38. The van der Waals surface area contributed by atoms with E-state index in [1.165, 1.54) is 0 Å². The first-order chi connectivity index (χ1) is 16.9. The molecule has 4 rings (SSSR count). The standard InChI is InChI=1S/C24H27F6N3O2S/c25-23(26,27)16-6-5-15(17(12-16)24(28,29)30)13-33-9-7-14(8-10-33)11-20-21(32-22(35)36-20)31-18-3-1-2-4-19(18)34/h5-6,11-12,14,18-19,34H,1-4,7-10,13H2,(H,31,32,35)/b20-11-/t18-,19-/m0/s1. The van der Waals surface area contributed by atoms with Crippen LogP contribution in [0.5, 0.6) is 0 Å². The molecule has 1 amide bonds. The quantitative estimate of drug-likeness (QED) is 0.465. The fraction of sp³-hybridized carbons (Fsp3) is 0.583. The van der Waals surface area contributed by atoms with Crippen LogP contribution in [0.4, 0.5) is 31.1 Å². The third-order valence-corrected chi connectivity index (χ3v) is 7.66. The van der Waals surface area contributed by atoms with Crippen LogP contribution in [0.15, 0.2) is 34.2 Å². The summed E-state index contributed by atoms with van der Waals surface area (Å²) in [7, 11) is 0. The van der Waals surface area contributed by atoms with E-state index in [9.17, 15) is 36.2 Å². The lowest BCUT2D eigenvalue weighted by Crippen LogP contribution is -2.45. The maximum absolute atomic E-state index is 13.5. The molecule has 1 aromatic carbocycles. The van der Waals surface area contributed by atoms with Crippen molar-refractivity contribution < 1.29 is 36.2 Å². The van der Waals surface area contributed by atoms with Gasteiger partial charge < -0.3 is 10.4 Å². The van der Waals surface area contributed by atoms with E-state index >= 15 is 0 Å². The number of aliphatic hydroxyl groups excluding tert-OH is 1. The number of thioether (sulfide) groups is 1. The molecule has 1 saturated heterocycles. The van der Waals surface area contributed by atoms with Gasteiger partial charge in [-0.15, -0.1) is 0 Å². The molecule has 2 fully saturated rings. The van der Waals surface area contributed by atoms with Crippen molar-refractivity contribution in [1.29, 1.82) is 0 Å². The zero-order valence-corrected chi connectivity index (χ0v) is 20.1. The predicted octanol–water partition coefficient (Wildman–Crippen LogP) is 5.98. The third-order valence-electron chi connectivity index (χ3n) is 6.84. The zero-order valence-electron chi connectivity index (χ0n) is 19.3. The maximum Gasteiger partial charge on any atom is 0.416 e. The largest absolute Gasteiger partial charge is 0.416 e. The number of amidine groups is 1. The number of hydrogen-bond donors (Lipinski definition) is 2. The number of aliphatic imine (C=N–C) groups is 1. The first-order valence-corrected chi connectivity index (χ1v) is 12.7. The van der Waals surface area contributed by atoms with Crippen LogP contribution in [-0.2, 0) is 18.9 Å². The minimum absolute atomic E-state index is 0.0765. The molecule has 1 aliphatic carbocycles. The Hall–Kier alpha value is -2.05. The topological polar surface area (TPSA) is 64.9 Å². The Morgan fingerprint density at radius 2 is 1.75 bits per heavy atom. The molecule has 5 nitrogen and oxygen atoms in total. The van der Waals surface area contributed by atoms with Gasteiger partial charge in [-0.3, -0.25) is 9.69 Å². The van der Waals surface area contributed by atoms with Crippen molar-refractivity contribution in [2.75, 3.05) is 13.1 Å². The molecule has 1 saturated carbocycles. The molecular formula is C24H27F6N3O2S. The molecule has 0 aromatic heterocycles. The normalized spacial score (nSPS) is 25.9. The van der Waals surface area contributed by atoms with E-state index < -0.39 is 29.6 Å². The lowest BCUT2D eigenvalue weighted by atomic mass is 9.92. The molecule has 3 aliphatic rings. The second-order valence-corrected chi connectivity index (χ2v) is 10.4. The van der Waals surface area contributed by atoms with Gasteiger partial charge in [0.1, 0.15) is 5.84 Å². The van der Waals surface area contributed by atoms with Crippen LogP contribution in [0.2, 0.25) is 0 Å². The van der Waals surface area contributed by atoms with E-state index in [-0.39, 0.29) is 35.4 Å². The van der Waals surface area contributed by atoms with E-state index in [1.807, 2.05) is 6.08 Å². The summed E-state index contributed by atoms with van der Waals surface area (Å²) in [4.78, 5) is 18.5. The Labute approximate surface area is 209 Å². The van der Waals surface area contributed by atoms with Crippen LogP contribution < -0.4 is 5.32 Å². The molecular weight excluding hydrogens is 508 g/mol. The fourth-order valence-electron chi connectivity index (χ4n) is 4.87. The summed E-state index contributed by atoms with van der Waals surface area (Å²) >= 11 is 1.01. The number of halogens is 6. The second-order valence-electron chi connectivity index (χ2n) is 9.44. The predicted molar refractivity (Wildman–Crippen MR) is 124 cm³/mol. The number of aliphatic hydroxyl groups is 1. The fourth-order valence-corrected chi connectivity index (χ4v) is 5.66. The number of hydrogen-bond acceptors (Lipinski definition) is 5. The van der Waals surface area contributed by atoms with Crippen molar-refractivity contribution in [1.82, 2.24) is 10.2 Å². The van der Waals surface area contributed by atoms with Crippen LogP contribution in [0, 0.1) is 5.92 Å². The number of nitrogens with one attached hydrogen (secondary N) is 1. The van der Waals surface area contributed by atoms with Gasteiger partial charge in [0.25, 0.3) is 0 Å². The third kappa shape index (κ3) is 6.63. The van der Waals surface area contributed by atoms with Crippen LogP contribution in [0.3, 0.4) is 0 Å². The van der Waals surface area contributed by atoms with Crippen LogP contribution in [-0.4, -0.2) is 46.3 Å². The Bertz CT molecular complexity index is 1030. The molecule has 0 radical (unpaired) electrons. The number of likely N-dealkylation sites (tertiary alicyclic amines) is 1. The van der Waals surface area contributed by atoms with Gasteiger partial charge in [-0.1, -0.05) is 25.0 Å². The number of alkyl halides is 6. The first kappa shape index (κ1) is 27.0. The molecule has 2 atom stereocenters. The molecule has 0 spiro atoms. The average molecular weight is 536 g/mol. The van der Waals surface area contributed by atoms with Crippen molar-refractivity contribution in [3.63, 3.8) is 0 Å². The van der Waals surface area contributed by atoms with Crippen LogP contribution >= 0.6 is 11.8 Å². The molecule has 36 heavy (non-hydrogen) atoms. The number of rotatable bonds is 4. The zero-order chi connectivity index (χ0) is 26.1. The highest BCUT2D eigenvalue weighted by Gasteiger charge is 2.38. The monoisotopic (exact) mass is 535 g/mol. The first-order valence-electron chi connectivity index (χ1n) is 11.9. The van der Waals surface area contributed by atoms with Crippen molar-refractivity contribution in [2.24, 2.45) is 10.9 Å². The summed E-state index contributed by atoms with van der Waals surface area (Å²) in [5, 5.41) is 13.1. The van der Waals surface area contributed by atoms with Gasteiger partial charge in [-0.05, 0) is 74.1 Å². The highest BCUT2D eigenvalue weighted by atomic mass is 32.2. The molecule has 12 heteroatoms. The Morgan fingerprint density at radius 3 is 2.39 bits per heavy atom. The summed E-state index contributed by atoms with van der Waals surface area (Å²) in [6.07, 6.45) is -3.62. The Balaban J connectivity index is 1.39. The maximum atomic E-state index is 13.5. The number of nitrogens with zero attached hydrogens (tertiary/aromatic N) is 2. The molecule has 2 heterocycles. The minimum Gasteiger partial charge on any atom is -0.391 e. The lowest BCUT2D eigenvalue weighted by Gasteiger charge is -2.32. The van der Waals surface area contributed by atoms with Crippen molar-refractivity contribution in [2.45, 2.75) is 69.6 Å². The van der Waals surface area contributed by atoms with Gasteiger partial charge >= 0.3 is 17.6 Å². The van der Waals surface area contributed by atoms with E-state index in [4.69, 9.17) is 0 Å². The average Bonchev–Trinajstić information content (AvgIpc) is 3.14. The van der Waals surface area contributed by atoms with Gasteiger partial charge in [0.2, 0.25) is 0 Å². The van der Waals surface area contributed by atoms with E-state index in [2.05, 4.69) is 10.3 Å². The summed E-state index contributed by atoms with van der Waals surface area (Å²) in [5.74, 6) is 0.533. The number of amides is 1. The summed E-state index contributed by atoms with van der Waals surface area (Å²) in [6, 6.07) is 1.61. The smallest absolute Gasteiger partial charge is 0.391 e. The summed E-state index contributed by atoms with van der Waals surface area (Å²) < 4.78 is 79.2. The second kappa shape index (κ2) is 10.7. The SMILES string of the molecule is O=C1N=C(N[C@H]2CCCC[C@@H]2O)/C(=C/C2CCN(Cc3ccc(C(F)(F)F)cc3C(F)(F)F)CC2)S1. The number of carbonyl (C=O) groups excluding carboxylic acids is 1. The molecule has 1 aromatic rings. The number of benzene rings is 1. The number of piperidine rings is 1. The molecule has 0 unspecified atom stereocenters. The molecule has 0 bridgehead atoms. The van der Waals surface area contributed by atoms with E-state index in [0.29, 0.717) is 49.2 Å². The van der Waals surface area contributed by atoms with Gasteiger partial charge in [0.05, 0.1) is 28.2 Å². The van der Waals surface area contributed by atoms with Gasteiger partial charge in [0, 0.05) is 6.54 Å². The van der Waals surface area contributed by atoms with E-state index in [0.717, 1.165) is 37.1 Å². The van der Waals surface area contributed by atoms with Crippen molar-refractivity contribution in [3.05, 3.63) is 45.9 Å². The van der Waals surface area contributed by atoms with Gasteiger partial charge in [0.15, 0.2) is 0 Å². The molecule has 2 N–H and O–H groups in total. The van der Waals surface area contributed by atoms with Crippen LogP contribution in [0.1, 0.15) is 55.2 Å². The lowest BCUT2D eigenvalue weighted by molar-refractivity contribution is -0.143. The van der Waals surface area contributed by atoms with Crippen molar-refractivity contribution >= 4 is 22.8 Å². The van der Waals surface area contributed by atoms with Gasteiger partial charge in [-0.25, -0.2) is 0 Å². The number of carbonyl (C=O) groups is 1. The number of allylic oxidation sites excluding steroid dienone is 1. The van der Waals surface area contributed by atoms with Gasteiger partial charge in [-0.2, -0.15) is 31.3 Å². The van der Waals surface area contributed by atoms with E-state index in [1.54, 1.807) is 4.90 Å².